The molecule has 1 saturated heterocycles. The average molecular weight is 276 g/mol. The predicted octanol–water partition coefficient (Wildman–Crippen LogP) is 3.12. The van der Waals surface area contributed by atoms with Crippen molar-refractivity contribution in [3.05, 3.63) is 0 Å². The summed E-state index contributed by atoms with van der Waals surface area (Å²) < 4.78 is 18.3. The summed E-state index contributed by atoms with van der Waals surface area (Å²) in [5, 5.41) is 0. The fourth-order valence-electron chi connectivity index (χ4n) is 2.75. The van der Waals surface area contributed by atoms with Gasteiger partial charge in [-0.05, 0) is 45.2 Å². The Morgan fingerprint density at radius 2 is 2.24 bits per heavy atom. The minimum absolute atomic E-state index is 0.149. The highest BCUT2D eigenvalue weighted by molar-refractivity contribution is 8.22. The molecule has 0 aromatic carbocycles. The lowest BCUT2D eigenvalue weighted by Gasteiger charge is -2.36. The predicted molar refractivity (Wildman–Crippen MR) is 73.3 cm³/mol. The molecular formula is C12H20O3S2. The second-order valence-electron chi connectivity index (χ2n) is 5.16. The maximum atomic E-state index is 6.12. The van der Waals surface area contributed by atoms with E-state index in [1.807, 2.05) is 20.1 Å². The van der Waals surface area contributed by atoms with Crippen molar-refractivity contribution < 1.29 is 14.2 Å². The van der Waals surface area contributed by atoms with E-state index in [0.29, 0.717) is 11.0 Å². The summed E-state index contributed by atoms with van der Waals surface area (Å²) in [7, 11) is 0. The van der Waals surface area contributed by atoms with Crippen LogP contribution in [0.1, 0.15) is 39.5 Å². The van der Waals surface area contributed by atoms with Gasteiger partial charge in [-0.1, -0.05) is 24.6 Å². The Kier molecular flexibility index (Phi) is 4.02. The number of thiocarbonyl (C=S) groups is 1. The third-order valence-corrected chi connectivity index (χ3v) is 4.45. The van der Waals surface area contributed by atoms with Gasteiger partial charge >= 0.3 is 0 Å². The highest BCUT2D eigenvalue weighted by Gasteiger charge is 2.54. The number of thioether (sulfide) groups is 1. The van der Waals surface area contributed by atoms with Crippen molar-refractivity contribution in [1.29, 1.82) is 0 Å². The van der Waals surface area contributed by atoms with Gasteiger partial charge in [-0.15, -0.1) is 0 Å². The Bertz CT molecular complexity index is 306. The van der Waals surface area contributed by atoms with E-state index in [4.69, 9.17) is 26.4 Å². The molecule has 1 aliphatic carbocycles. The molecule has 2 atom stereocenters. The zero-order valence-corrected chi connectivity index (χ0v) is 12.3. The molecule has 17 heavy (non-hydrogen) atoms. The quantitative estimate of drug-likeness (QED) is 0.723. The normalized spacial score (nSPS) is 35.4. The highest BCUT2D eigenvalue weighted by atomic mass is 32.2. The van der Waals surface area contributed by atoms with Crippen LogP contribution in [-0.2, 0) is 14.2 Å². The summed E-state index contributed by atoms with van der Waals surface area (Å²) in [6.45, 7) is 4.46. The third kappa shape index (κ3) is 2.95. The monoisotopic (exact) mass is 276 g/mol. The highest BCUT2D eigenvalue weighted by Crippen LogP contribution is 2.45. The van der Waals surface area contributed by atoms with Crippen LogP contribution in [0.15, 0.2) is 0 Å². The van der Waals surface area contributed by atoms with Crippen LogP contribution in [0.5, 0.6) is 0 Å². The summed E-state index contributed by atoms with van der Waals surface area (Å²) in [6, 6.07) is 0. The van der Waals surface area contributed by atoms with Crippen LogP contribution in [0.3, 0.4) is 0 Å². The number of hydrogen-bond acceptors (Lipinski definition) is 5. The fourth-order valence-corrected chi connectivity index (χ4v) is 2.99. The Morgan fingerprint density at radius 1 is 1.47 bits per heavy atom. The Morgan fingerprint density at radius 3 is 2.94 bits per heavy atom. The molecule has 98 valence electrons. The van der Waals surface area contributed by atoms with Crippen LogP contribution in [-0.4, -0.2) is 34.7 Å². The summed E-state index contributed by atoms with van der Waals surface area (Å²) in [5.74, 6) is -0.501. The molecule has 1 saturated carbocycles. The first-order chi connectivity index (χ1) is 7.97. The van der Waals surface area contributed by atoms with E-state index in [0.717, 1.165) is 12.8 Å². The molecule has 3 nitrogen and oxygen atoms in total. The lowest BCUT2D eigenvalue weighted by Crippen LogP contribution is -2.47. The number of fused-ring (bicyclic) bond motifs is 1. The van der Waals surface area contributed by atoms with Crippen molar-refractivity contribution in [2.75, 3.05) is 12.9 Å². The molecule has 0 aromatic heterocycles. The molecule has 0 N–H and O–H groups in total. The smallest absolute Gasteiger partial charge is 0.219 e. The zero-order chi connectivity index (χ0) is 12.5. The molecule has 2 rings (SSSR count). The van der Waals surface area contributed by atoms with Gasteiger partial charge in [0.05, 0.1) is 6.10 Å². The van der Waals surface area contributed by atoms with Gasteiger partial charge < -0.3 is 14.2 Å². The topological polar surface area (TPSA) is 27.7 Å². The van der Waals surface area contributed by atoms with Crippen molar-refractivity contribution >= 4 is 28.4 Å². The average Bonchev–Trinajstić information content (AvgIpc) is 2.56. The Balaban J connectivity index is 2.06. The maximum Gasteiger partial charge on any atom is 0.219 e. The SMILES string of the molecule is CSC(=S)OC[C@@]12CCCC[C@@H]1OC(C)(C)O2. The van der Waals surface area contributed by atoms with E-state index in [1.165, 1.54) is 24.6 Å². The summed E-state index contributed by atoms with van der Waals surface area (Å²) in [6.07, 6.45) is 6.51. The van der Waals surface area contributed by atoms with Crippen LogP contribution >= 0.6 is 24.0 Å². The molecule has 0 aromatic rings. The molecular weight excluding hydrogens is 256 g/mol. The molecule has 1 heterocycles. The van der Waals surface area contributed by atoms with E-state index < -0.39 is 5.79 Å². The molecule has 2 aliphatic rings. The van der Waals surface area contributed by atoms with Crippen molar-refractivity contribution in [2.24, 2.45) is 0 Å². The van der Waals surface area contributed by atoms with Gasteiger partial charge in [-0.2, -0.15) is 0 Å². The van der Waals surface area contributed by atoms with Crippen molar-refractivity contribution in [2.45, 2.75) is 57.0 Å². The Labute approximate surface area is 113 Å². The molecule has 1 aliphatic heterocycles. The largest absolute Gasteiger partial charge is 0.475 e. The summed E-state index contributed by atoms with van der Waals surface area (Å²) in [4.78, 5) is 0. The fraction of sp³-hybridized carbons (Fsp3) is 0.917. The number of ether oxygens (including phenoxy) is 3. The van der Waals surface area contributed by atoms with E-state index in [1.54, 1.807) is 0 Å². The van der Waals surface area contributed by atoms with Crippen molar-refractivity contribution in [3.8, 4) is 0 Å². The van der Waals surface area contributed by atoms with Crippen LogP contribution < -0.4 is 0 Å². The minimum atomic E-state index is -0.501. The number of rotatable bonds is 2. The standard InChI is InChI=1S/C12H20O3S2/c1-11(2)14-9-6-4-5-7-12(9,15-11)8-13-10(16)17-3/h9H,4-8H2,1-3H3/t9-,12-/m0/s1. The second-order valence-corrected chi connectivity index (χ2v) is 6.57. The maximum absolute atomic E-state index is 6.12. The van der Waals surface area contributed by atoms with Gasteiger partial charge in [0, 0.05) is 0 Å². The van der Waals surface area contributed by atoms with Gasteiger partial charge in [0.15, 0.2) is 5.79 Å². The summed E-state index contributed by atoms with van der Waals surface area (Å²) in [5.41, 5.74) is -0.290. The number of hydrogen-bond donors (Lipinski definition) is 0. The lowest BCUT2D eigenvalue weighted by atomic mass is 9.83. The molecule has 0 radical (unpaired) electrons. The Hall–Kier alpha value is 0.160. The molecule has 5 heteroatoms. The molecule has 2 fully saturated rings. The van der Waals surface area contributed by atoms with Gasteiger partial charge in [0.1, 0.15) is 12.2 Å². The van der Waals surface area contributed by atoms with Gasteiger partial charge in [0.2, 0.25) is 4.38 Å². The van der Waals surface area contributed by atoms with Crippen LogP contribution in [0.2, 0.25) is 0 Å². The van der Waals surface area contributed by atoms with Crippen molar-refractivity contribution in [1.82, 2.24) is 0 Å². The molecule has 0 unspecified atom stereocenters. The minimum Gasteiger partial charge on any atom is -0.475 e. The summed E-state index contributed by atoms with van der Waals surface area (Å²) >= 11 is 6.54. The van der Waals surface area contributed by atoms with E-state index in [9.17, 15) is 0 Å². The lowest BCUT2D eigenvalue weighted by molar-refractivity contribution is -0.169. The van der Waals surface area contributed by atoms with Crippen LogP contribution in [0.4, 0.5) is 0 Å². The third-order valence-electron chi connectivity index (χ3n) is 3.38. The van der Waals surface area contributed by atoms with E-state index in [-0.39, 0.29) is 11.7 Å². The first kappa shape index (κ1) is 13.6. The zero-order valence-electron chi connectivity index (χ0n) is 10.7. The van der Waals surface area contributed by atoms with E-state index in [2.05, 4.69) is 0 Å². The van der Waals surface area contributed by atoms with Gasteiger partial charge in [0.25, 0.3) is 0 Å². The second kappa shape index (κ2) is 5.03. The van der Waals surface area contributed by atoms with Gasteiger partial charge in [-0.25, -0.2) is 0 Å². The van der Waals surface area contributed by atoms with Crippen molar-refractivity contribution in [3.63, 3.8) is 0 Å². The first-order valence-electron chi connectivity index (χ1n) is 6.06. The van der Waals surface area contributed by atoms with E-state index >= 15 is 0 Å². The molecule has 0 amide bonds. The molecule has 0 bridgehead atoms. The molecule has 0 spiro atoms. The first-order valence-corrected chi connectivity index (χ1v) is 7.69. The van der Waals surface area contributed by atoms with Gasteiger partial charge in [-0.3, -0.25) is 0 Å². The van der Waals surface area contributed by atoms with Crippen LogP contribution in [0.25, 0.3) is 0 Å². The van der Waals surface area contributed by atoms with Crippen LogP contribution in [0, 0.1) is 0 Å².